The molecule has 0 atom stereocenters. The highest BCUT2D eigenvalue weighted by atomic mass is 16.6. The first kappa shape index (κ1) is 16.0. The maximum absolute atomic E-state index is 5.68. The molecule has 0 bridgehead atoms. The van der Waals surface area contributed by atoms with E-state index in [1.165, 1.54) is 5.46 Å². The van der Waals surface area contributed by atoms with Gasteiger partial charge in [-0.15, -0.1) is 0 Å². The molecular weight excluding hydrogens is 323 g/mol. The average molecular weight is 340 g/mol. The van der Waals surface area contributed by atoms with Gasteiger partial charge >= 0.3 is 0 Å². The zero-order valence-corrected chi connectivity index (χ0v) is 14.3. The number of rotatable bonds is 5. The van der Waals surface area contributed by atoms with Gasteiger partial charge in [0.15, 0.2) is 11.6 Å². The van der Waals surface area contributed by atoms with Crippen LogP contribution in [0.25, 0.3) is 11.0 Å². The first-order valence-electron chi connectivity index (χ1n) is 8.36. The van der Waals surface area contributed by atoms with Crippen LogP contribution in [0.15, 0.2) is 78.9 Å². The molecule has 0 aliphatic carbocycles. The van der Waals surface area contributed by atoms with Crippen LogP contribution in [0.3, 0.4) is 0 Å². The lowest BCUT2D eigenvalue weighted by molar-refractivity contribution is 0.403. The van der Waals surface area contributed by atoms with Crippen molar-refractivity contribution in [2.75, 3.05) is 10.8 Å². The normalized spacial score (nSPS) is 10.5. The van der Waals surface area contributed by atoms with Crippen LogP contribution in [-0.4, -0.2) is 17.8 Å². The van der Waals surface area contributed by atoms with Gasteiger partial charge in [-0.25, -0.2) is 15.4 Å². The lowest BCUT2D eigenvalue weighted by atomic mass is 9.97. The van der Waals surface area contributed by atoms with Gasteiger partial charge in [0, 0.05) is 5.69 Å². The van der Waals surface area contributed by atoms with Gasteiger partial charge in [0.25, 0.3) is 0 Å². The molecule has 6 heteroatoms. The molecule has 3 aromatic carbocycles. The molecule has 0 saturated carbocycles. The lowest BCUT2D eigenvalue weighted by Gasteiger charge is -2.14. The van der Waals surface area contributed by atoms with E-state index < -0.39 is 0 Å². The van der Waals surface area contributed by atoms with Crippen molar-refractivity contribution >= 4 is 41.7 Å². The largest absolute Gasteiger partial charge is 0.381 e. The van der Waals surface area contributed by atoms with Crippen LogP contribution in [0.1, 0.15) is 0 Å². The lowest BCUT2D eigenvalue weighted by Crippen LogP contribution is -2.11. The second-order valence-corrected chi connectivity index (χ2v) is 5.92. The number of para-hydroxylation sites is 3. The quantitative estimate of drug-likeness (QED) is 0.432. The summed E-state index contributed by atoms with van der Waals surface area (Å²) in [6.07, 6.45) is 0. The van der Waals surface area contributed by atoms with Crippen molar-refractivity contribution in [3.05, 3.63) is 78.9 Å². The Bertz CT molecular complexity index is 1020. The van der Waals surface area contributed by atoms with E-state index >= 15 is 0 Å². The molecule has 0 aliphatic heterocycles. The van der Waals surface area contributed by atoms with Crippen LogP contribution in [0, 0.1) is 0 Å². The van der Waals surface area contributed by atoms with E-state index in [0.29, 0.717) is 17.4 Å². The molecule has 4 aromatic rings. The third-order valence-electron chi connectivity index (χ3n) is 3.89. The number of fused-ring (bicyclic) bond motifs is 1. The summed E-state index contributed by atoms with van der Waals surface area (Å²) in [5.41, 5.74) is 6.63. The van der Waals surface area contributed by atoms with Crippen LogP contribution in [0.5, 0.6) is 5.75 Å². The van der Waals surface area contributed by atoms with E-state index in [4.69, 9.17) is 4.84 Å². The summed E-state index contributed by atoms with van der Waals surface area (Å²) in [5.74, 6) is 1.83. The predicted molar refractivity (Wildman–Crippen MR) is 108 cm³/mol. The molecule has 0 radical (unpaired) electrons. The Morgan fingerprint density at radius 1 is 0.692 bits per heavy atom. The monoisotopic (exact) mass is 340 g/mol. The van der Waals surface area contributed by atoms with Crippen molar-refractivity contribution in [2.45, 2.75) is 0 Å². The maximum atomic E-state index is 5.68. The van der Waals surface area contributed by atoms with E-state index in [-0.39, 0.29) is 0 Å². The molecule has 2 N–H and O–H groups in total. The van der Waals surface area contributed by atoms with Crippen molar-refractivity contribution in [3.63, 3.8) is 0 Å². The Morgan fingerprint density at radius 3 is 2.00 bits per heavy atom. The second-order valence-electron chi connectivity index (χ2n) is 5.92. The Labute approximate surface area is 152 Å². The van der Waals surface area contributed by atoms with Crippen LogP contribution in [-0.2, 0) is 0 Å². The van der Waals surface area contributed by atoms with Crippen molar-refractivity contribution < 1.29 is 4.84 Å². The van der Waals surface area contributed by atoms with Gasteiger partial charge in [0.05, 0.1) is 11.0 Å². The Hall–Kier alpha value is -3.54. The van der Waals surface area contributed by atoms with Crippen molar-refractivity contribution in [2.24, 2.45) is 0 Å². The molecule has 26 heavy (non-hydrogen) atoms. The zero-order valence-electron chi connectivity index (χ0n) is 14.3. The number of hydrogen-bond acceptors (Lipinski definition) is 5. The van der Waals surface area contributed by atoms with E-state index in [1.54, 1.807) is 0 Å². The summed E-state index contributed by atoms with van der Waals surface area (Å²) in [7, 11) is 2.04. The number of nitrogens with zero attached hydrogens (tertiary/aromatic N) is 2. The molecule has 0 fully saturated rings. The van der Waals surface area contributed by atoms with Gasteiger partial charge < -0.3 is 10.2 Å². The van der Waals surface area contributed by atoms with Crippen LogP contribution in [0.4, 0.5) is 17.3 Å². The summed E-state index contributed by atoms with van der Waals surface area (Å²) in [4.78, 5) is 15.0. The fourth-order valence-electron chi connectivity index (χ4n) is 2.53. The van der Waals surface area contributed by atoms with Gasteiger partial charge in [0.2, 0.25) is 5.82 Å². The van der Waals surface area contributed by atoms with Gasteiger partial charge in [-0.1, -0.05) is 47.9 Å². The first-order chi connectivity index (χ1) is 12.8. The summed E-state index contributed by atoms with van der Waals surface area (Å²) >= 11 is 0. The second kappa shape index (κ2) is 7.15. The molecule has 0 aliphatic rings. The van der Waals surface area contributed by atoms with Gasteiger partial charge in [-0.05, 0) is 36.4 Å². The van der Waals surface area contributed by atoms with Gasteiger partial charge in [-0.2, -0.15) is 0 Å². The average Bonchev–Trinajstić information content (AvgIpc) is 2.68. The van der Waals surface area contributed by atoms with Gasteiger partial charge in [-0.3, -0.25) is 0 Å². The van der Waals surface area contributed by atoms with E-state index in [0.717, 1.165) is 16.7 Å². The highest BCUT2D eigenvalue weighted by Gasteiger charge is 2.10. The third kappa shape index (κ3) is 3.59. The molecule has 0 spiro atoms. The molecule has 126 valence electrons. The van der Waals surface area contributed by atoms with Crippen molar-refractivity contribution in [3.8, 4) is 5.75 Å². The highest BCUT2D eigenvalue weighted by molar-refractivity contribution is 6.32. The van der Waals surface area contributed by atoms with E-state index in [2.05, 4.69) is 20.8 Å². The molecule has 0 amide bonds. The fraction of sp³-hybridized carbons (Fsp3) is 0. The smallest absolute Gasteiger partial charge is 0.204 e. The molecule has 0 saturated heterocycles. The third-order valence-corrected chi connectivity index (χ3v) is 3.89. The minimum Gasteiger partial charge on any atom is -0.381 e. The number of hydrogen-bond donors (Lipinski definition) is 2. The number of benzene rings is 3. The van der Waals surface area contributed by atoms with Crippen molar-refractivity contribution in [1.82, 2.24) is 9.97 Å². The summed E-state index contributed by atoms with van der Waals surface area (Å²) in [6, 6.07) is 25.4. The van der Waals surface area contributed by atoms with E-state index in [1.807, 2.05) is 86.7 Å². The number of anilines is 3. The molecular formula is C20H17BN4O. The minimum atomic E-state index is 0.521. The molecule has 4 rings (SSSR count). The fourth-order valence-corrected chi connectivity index (χ4v) is 2.53. The Kier molecular flexibility index (Phi) is 4.39. The van der Waals surface area contributed by atoms with Crippen LogP contribution >= 0.6 is 0 Å². The standard InChI is InChI=1S/C20H17BN4O/c21-14-10-12-16(13-11-14)26-25-20-19(22-15-6-2-1-3-7-15)23-17-8-4-5-9-18(17)24-20/h1-13H,21H2,(H,22,23)(H,24,25). The first-order valence-corrected chi connectivity index (χ1v) is 8.36. The number of nitrogens with one attached hydrogen (secondary N) is 2. The minimum absolute atomic E-state index is 0.521. The molecule has 1 aromatic heterocycles. The summed E-state index contributed by atoms with van der Waals surface area (Å²) in [6.45, 7) is 0. The highest BCUT2D eigenvalue weighted by Crippen LogP contribution is 2.25. The van der Waals surface area contributed by atoms with Crippen LogP contribution < -0.4 is 21.1 Å². The SMILES string of the molecule is Bc1ccc(ONc2nc3ccccc3nc2Nc2ccccc2)cc1. The summed E-state index contributed by atoms with van der Waals surface area (Å²) < 4.78 is 0. The van der Waals surface area contributed by atoms with Crippen molar-refractivity contribution in [1.29, 1.82) is 0 Å². The maximum Gasteiger partial charge on any atom is 0.204 e. The van der Waals surface area contributed by atoms with E-state index in [9.17, 15) is 0 Å². The molecule has 0 unspecified atom stereocenters. The molecule has 5 nitrogen and oxygen atoms in total. The predicted octanol–water partition coefficient (Wildman–Crippen LogP) is 3.04. The topological polar surface area (TPSA) is 59.1 Å². The zero-order chi connectivity index (χ0) is 17.8. The van der Waals surface area contributed by atoms with Crippen LogP contribution in [0.2, 0.25) is 0 Å². The molecule has 1 heterocycles. The Balaban J connectivity index is 1.66. The van der Waals surface area contributed by atoms with Gasteiger partial charge in [0.1, 0.15) is 7.85 Å². The summed E-state index contributed by atoms with van der Waals surface area (Å²) in [5, 5.41) is 3.29. The number of aromatic nitrogens is 2. The Morgan fingerprint density at radius 2 is 1.31 bits per heavy atom.